The van der Waals surface area contributed by atoms with E-state index in [-0.39, 0.29) is 5.69 Å². The molecule has 1 heterocycles. The molecule has 21 heavy (non-hydrogen) atoms. The summed E-state index contributed by atoms with van der Waals surface area (Å²) in [6.45, 7) is 0.363. The average molecular weight is 301 g/mol. The van der Waals surface area contributed by atoms with Gasteiger partial charge >= 0.3 is 18.3 Å². The predicted molar refractivity (Wildman–Crippen MR) is 67.4 cm³/mol. The summed E-state index contributed by atoms with van der Waals surface area (Å²) in [4.78, 5) is 11.1. The number of hydrogen-bond donors (Lipinski definition) is 1. The highest BCUT2D eigenvalue weighted by Crippen LogP contribution is 2.24. The van der Waals surface area contributed by atoms with Crippen molar-refractivity contribution in [2.75, 3.05) is 5.32 Å². The molecule has 0 saturated heterocycles. The highest BCUT2D eigenvalue weighted by Gasteiger charge is 2.49. The van der Waals surface area contributed by atoms with Gasteiger partial charge < -0.3 is 5.32 Å². The maximum Gasteiger partial charge on any atom is 0.383 e. The maximum atomic E-state index is 12.8. The number of hydrogen-bond acceptors (Lipinski definition) is 2. The SMILES string of the molecule is O=C(Nc1cnn(Cc2ccccc2)c1)C(F)(F)C(F)F. The summed E-state index contributed by atoms with van der Waals surface area (Å²) in [5.74, 6) is -6.79. The molecule has 2 aromatic rings. The number of rotatable bonds is 5. The van der Waals surface area contributed by atoms with E-state index in [1.807, 2.05) is 30.3 Å². The molecule has 8 heteroatoms. The second-order valence-electron chi connectivity index (χ2n) is 4.29. The van der Waals surface area contributed by atoms with Gasteiger partial charge in [-0.2, -0.15) is 13.9 Å². The number of carbonyl (C=O) groups excluding carboxylic acids is 1. The van der Waals surface area contributed by atoms with Crippen LogP contribution in [0.1, 0.15) is 5.56 Å². The van der Waals surface area contributed by atoms with E-state index in [0.717, 1.165) is 11.8 Å². The fraction of sp³-hybridized carbons (Fsp3) is 0.231. The number of halogens is 4. The number of amides is 1. The number of nitrogens with zero attached hydrogens (tertiary/aromatic N) is 2. The van der Waals surface area contributed by atoms with E-state index in [1.54, 1.807) is 5.32 Å². The summed E-state index contributed by atoms with van der Waals surface area (Å²) in [7, 11) is 0. The van der Waals surface area contributed by atoms with Crippen molar-refractivity contribution in [2.24, 2.45) is 0 Å². The molecule has 4 nitrogen and oxygen atoms in total. The zero-order valence-corrected chi connectivity index (χ0v) is 10.6. The molecule has 0 fully saturated rings. The summed E-state index contributed by atoms with van der Waals surface area (Å²) < 4.78 is 51.0. The zero-order valence-electron chi connectivity index (χ0n) is 10.6. The Hall–Kier alpha value is -2.38. The van der Waals surface area contributed by atoms with Crippen molar-refractivity contribution in [1.29, 1.82) is 0 Å². The minimum absolute atomic E-state index is 0.0729. The first-order chi connectivity index (χ1) is 9.89. The van der Waals surface area contributed by atoms with Gasteiger partial charge in [-0.05, 0) is 5.56 Å². The first-order valence-electron chi connectivity index (χ1n) is 5.93. The molecule has 0 saturated carbocycles. The number of carbonyl (C=O) groups is 1. The van der Waals surface area contributed by atoms with Crippen molar-refractivity contribution in [3.05, 3.63) is 48.3 Å². The largest absolute Gasteiger partial charge is 0.383 e. The molecule has 1 N–H and O–H groups in total. The monoisotopic (exact) mass is 301 g/mol. The van der Waals surface area contributed by atoms with Gasteiger partial charge in [-0.3, -0.25) is 9.48 Å². The van der Waals surface area contributed by atoms with Gasteiger partial charge in [-0.15, -0.1) is 0 Å². The predicted octanol–water partition coefficient (Wildman–Crippen LogP) is 2.77. The molecular weight excluding hydrogens is 290 g/mol. The number of anilines is 1. The van der Waals surface area contributed by atoms with Crippen molar-refractivity contribution in [3.8, 4) is 0 Å². The molecule has 0 unspecified atom stereocenters. The molecular formula is C13H11F4N3O. The number of alkyl halides is 4. The van der Waals surface area contributed by atoms with Gasteiger partial charge in [0.25, 0.3) is 0 Å². The molecule has 0 bridgehead atoms. The van der Waals surface area contributed by atoms with Gasteiger partial charge in [0.2, 0.25) is 0 Å². The summed E-state index contributed by atoms with van der Waals surface area (Å²) >= 11 is 0. The third-order valence-corrected chi connectivity index (χ3v) is 2.66. The Morgan fingerprint density at radius 1 is 1.29 bits per heavy atom. The van der Waals surface area contributed by atoms with Crippen LogP contribution in [0.2, 0.25) is 0 Å². The number of nitrogens with one attached hydrogen (secondary N) is 1. The fourth-order valence-electron chi connectivity index (χ4n) is 1.60. The van der Waals surface area contributed by atoms with Gasteiger partial charge in [-0.1, -0.05) is 30.3 Å². The van der Waals surface area contributed by atoms with Crippen LogP contribution in [0, 0.1) is 0 Å². The van der Waals surface area contributed by atoms with Crippen LogP contribution in [0.25, 0.3) is 0 Å². The highest BCUT2D eigenvalue weighted by molar-refractivity contribution is 5.96. The Labute approximate surface area is 117 Å². The molecule has 2 rings (SSSR count). The topological polar surface area (TPSA) is 46.9 Å². The van der Waals surface area contributed by atoms with Crippen LogP contribution < -0.4 is 5.32 Å². The highest BCUT2D eigenvalue weighted by atomic mass is 19.3. The van der Waals surface area contributed by atoms with Crippen molar-refractivity contribution >= 4 is 11.6 Å². The molecule has 0 radical (unpaired) electrons. The molecule has 0 aliphatic rings. The number of aromatic nitrogens is 2. The van der Waals surface area contributed by atoms with Crippen molar-refractivity contribution < 1.29 is 22.4 Å². The quantitative estimate of drug-likeness (QED) is 0.863. The fourth-order valence-corrected chi connectivity index (χ4v) is 1.60. The summed E-state index contributed by atoms with van der Waals surface area (Å²) in [5.41, 5.74) is 0.840. The van der Waals surface area contributed by atoms with Crippen LogP contribution >= 0.6 is 0 Å². The molecule has 0 atom stereocenters. The van der Waals surface area contributed by atoms with Crippen LogP contribution in [0.3, 0.4) is 0 Å². The third kappa shape index (κ3) is 3.59. The Morgan fingerprint density at radius 2 is 1.95 bits per heavy atom. The van der Waals surface area contributed by atoms with E-state index in [2.05, 4.69) is 5.10 Å². The van der Waals surface area contributed by atoms with Gasteiger partial charge in [-0.25, -0.2) is 8.78 Å². The van der Waals surface area contributed by atoms with Crippen LogP contribution in [-0.2, 0) is 11.3 Å². The lowest BCUT2D eigenvalue weighted by molar-refractivity contribution is -0.163. The van der Waals surface area contributed by atoms with Crippen LogP contribution in [-0.4, -0.2) is 28.0 Å². The third-order valence-electron chi connectivity index (χ3n) is 2.66. The average Bonchev–Trinajstić information content (AvgIpc) is 2.86. The molecule has 1 amide bonds. The zero-order chi connectivity index (χ0) is 15.5. The van der Waals surface area contributed by atoms with E-state index < -0.39 is 18.3 Å². The summed E-state index contributed by atoms with van der Waals surface area (Å²) in [6, 6.07) is 9.16. The molecule has 112 valence electrons. The number of benzene rings is 1. The second kappa shape index (κ2) is 5.94. The van der Waals surface area contributed by atoms with Crippen molar-refractivity contribution in [2.45, 2.75) is 18.9 Å². The van der Waals surface area contributed by atoms with Gasteiger partial charge in [0, 0.05) is 6.20 Å². The lowest BCUT2D eigenvalue weighted by Gasteiger charge is -2.13. The second-order valence-corrected chi connectivity index (χ2v) is 4.29. The normalized spacial score (nSPS) is 11.7. The van der Waals surface area contributed by atoms with Gasteiger partial charge in [0.05, 0.1) is 18.4 Å². The first-order valence-corrected chi connectivity index (χ1v) is 5.93. The Kier molecular flexibility index (Phi) is 4.25. The lowest BCUT2D eigenvalue weighted by atomic mass is 10.2. The summed E-state index contributed by atoms with van der Waals surface area (Å²) in [5, 5.41) is 5.58. The van der Waals surface area contributed by atoms with Crippen LogP contribution in [0.4, 0.5) is 23.2 Å². The van der Waals surface area contributed by atoms with E-state index in [0.29, 0.717) is 6.54 Å². The van der Waals surface area contributed by atoms with E-state index >= 15 is 0 Å². The maximum absolute atomic E-state index is 12.8. The Balaban J connectivity index is 2.02. The van der Waals surface area contributed by atoms with E-state index in [1.165, 1.54) is 10.9 Å². The van der Waals surface area contributed by atoms with E-state index in [4.69, 9.17) is 0 Å². The minimum atomic E-state index is -4.73. The van der Waals surface area contributed by atoms with E-state index in [9.17, 15) is 22.4 Å². The molecule has 1 aromatic heterocycles. The summed E-state index contributed by atoms with van der Waals surface area (Å²) in [6.07, 6.45) is -1.66. The standard InChI is InChI=1S/C13H11F4N3O/c14-11(15)13(16,17)12(21)19-10-6-18-20(8-10)7-9-4-2-1-3-5-9/h1-6,8,11H,7H2,(H,19,21). The molecule has 1 aromatic carbocycles. The Bertz CT molecular complexity index is 613. The minimum Gasteiger partial charge on any atom is -0.318 e. The van der Waals surface area contributed by atoms with Crippen molar-refractivity contribution in [3.63, 3.8) is 0 Å². The molecule has 0 spiro atoms. The smallest absolute Gasteiger partial charge is 0.318 e. The van der Waals surface area contributed by atoms with Crippen LogP contribution in [0.15, 0.2) is 42.7 Å². The van der Waals surface area contributed by atoms with Crippen molar-refractivity contribution in [1.82, 2.24) is 9.78 Å². The van der Waals surface area contributed by atoms with Gasteiger partial charge in [0.15, 0.2) is 0 Å². The molecule has 0 aliphatic heterocycles. The molecule has 0 aliphatic carbocycles. The van der Waals surface area contributed by atoms with Gasteiger partial charge in [0.1, 0.15) is 0 Å². The van der Waals surface area contributed by atoms with Crippen LogP contribution in [0.5, 0.6) is 0 Å². The lowest BCUT2D eigenvalue weighted by Crippen LogP contribution is -2.40. The Morgan fingerprint density at radius 3 is 2.57 bits per heavy atom. The first kappa shape index (κ1) is 15.0.